The lowest BCUT2D eigenvalue weighted by Gasteiger charge is -2.39. The van der Waals surface area contributed by atoms with Crippen molar-refractivity contribution >= 4 is 40.1 Å². The van der Waals surface area contributed by atoms with E-state index in [1.807, 2.05) is 13.8 Å². The zero-order chi connectivity index (χ0) is 19.1. The summed E-state index contributed by atoms with van der Waals surface area (Å²) in [5.74, 6) is 0.0497. The smallest absolute Gasteiger partial charge is 0.233 e. The van der Waals surface area contributed by atoms with Gasteiger partial charge in [0.15, 0.2) is 0 Å². The van der Waals surface area contributed by atoms with Crippen molar-refractivity contribution in [2.24, 2.45) is 5.41 Å². The van der Waals surface area contributed by atoms with Crippen LogP contribution in [0.25, 0.3) is 11.0 Å². The zero-order valence-corrected chi connectivity index (χ0v) is 17.2. The van der Waals surface area contributed by atoms with Gasteiger partial charge >= 0.3 is 0 Å². The van der Waals surface area contributed by atoms with Gasteiger partial charge in [0, 0.05) is 11.5 Å². The molecule has 138 valence electrons. The summed E-state index contributed by atoms with van der Waals surface area (Å²) < 4.78 is 0. The lowest BCUT2D eigenvalue weighted by Crippen LogP contribution is -2.52. The second-order valence-corrected chi connectivity index (χ2v) is 9.48. The predicted octanol–water partition coefficient (Wildman–Crippen LogP) is 4.79. The van der Waals surface area contributed by atoms with Crippen molar-refractivity contribution in [3.05, 3.63) is 33.6 Å². The second-order valence-electron chi connectivity index (χ2n) is 8.67. The van der Waals surface area contributed by atoms with Crippen LogP contribution >= 0.6 is 23.2 Å². The molecule has 0 saturated heterocycles. The van der Waals surface area contributed by atoms with Gasteiger partial charge < -0.3 is 5.32 Å². The molecule has 0 unspecified atom stereocenters. The maximum absolute atomic E-state index is 13.4. The molecule has 6 heteroatoms. The van der Waals surface area contributed by atoms with Crippen LogP contribution in [0.15, 0.2) is 12.1 Å². The van der Waals surface area contributed by atoms with Gasteiger partial charge in [-0.3, -0.25) is 4.79 Å². The molecule has 4 rings (SSSR count). The van der Waals surface area contributed by atoms with Gasteiger partial charge in [-0.05, 0) is 44.2 Å². The largest absolute Gasteiger partial charge is 0.353 e. The number of carbonyl (C=O) groups excluding carboxylic acids is 1. The number of hydrogen-bond donors (Lipinski definition) is 1. The van der Waals surface area contributed by atoms with Gasteiger partial charge in [-0.2, -0.15) is 0 Å². The Kier molecular flexibility index (Phi) is 3.69. The molecule has 2 bridgehead atoms. The van der Waals surface area contributed by atoms with Crippen LogP contribution in [-0.2, 0) is 15.6 Å². The van der Waals surface area contributed by atoms with E-state index in [1.54, 1.807) is 12.1 Å². The Morgan fingerprint density at radius 3 is 2.12 bits per heavy atom. The topological polar surface area (TPSA) is 54.9 Å². The maximum Gasteiger partial charge on any atom is 0.233 e. The molecule has 26 heavy (non-hydrogen) atoms. The van der Waals surface area contributed by atoms with Gasteiger partial charge in [-0.1, -0.05) is 44.0 Å². The molecule has 1 amide bonds. The zero-order valence-electron chi connectivity index (χ0n) is 15.7. The molecular formula is C20H23Cl2N3O. The van der Waals surface area contributed by atoms with Gasteiger partial charge in [0.05, 0.1) is 37.9 Å². The fraction of sp³-hybridized carbons (Fsp3) is 0.550. The number of aromatic nitrogens is 2. The summed E-state index contributed by atoms with van der Waals surface area (Å²) >= 11 is 12.4. The van der Waals surface area contributed by atoms with E-state index in [0.29, 0.717) is 15.6 Å². The third-order valence-electron chi connectivity index (χ3n) is 6.89. The molecule has 1 aromatic heterocycles. The molecule has 1 N–H and O–H groups in total. The van der Waals surface area contributed by atoms with Crippen LogP contribution in [0.1, 0.15) is 58.8 Å². The van der Waals surface area contributed by atoms with E-state index in [4.69, 9.17) is 33.2 Å². The number of benzene rings is 1. The number of amides is 1. The van der Waals surface area contributed by atoms with E-state index in [2.05, 4.69) is 26.1 Å². The quantitative estimate of drug-likeness (QED) is 0.800. The standard InChI is InChI=1S/C20H23Cl2N3O/c1-10(2)23-17(26)20-7-6-19(5,18(20,3)4)15-16(20)25-14-9-12(22)11(21)8-13(14)24-15/h8-10H,6-7H2,1-5H3,(H,23,26)/t19-,20-/m1/s1. The Balaban J connectivity index is 2.03. The number of nitrogens with zero attached hydrogens (tertiary/aromatic N) is 2. The molecule has 4 nitrogen and oxygen atoms in total. The number of rotatable bonds is 2. The van der Waals surface area contributed by atoms with Crippen molar-refractivity contribution in [1.82, 2.24) is 15.3 Å². The SMILES string of the molecule is CC(C)NC(=O)[C@@]12CC[C@](C)(c3nc4cc(Cl)c(Cl)cc4nc31)C2(C)C. The number of hydrogen-bond acceptors (Lipinski definition) is 3. The van der Waals surface area contributed by atoms with Crippen LogP contribution in [-0.4, -0.2) is 21.9 Å². The summed E-state index contributed by atoms with van der Waals surface area (Å²) in [4.78, 5) is 23.2. The summed E-state index contributed by atoms with van der Waals surface area (Å²) in [5.41, 5.74) is 1.98. The molecule has 0 radical (unpaired) electrons. The highest BCUT2D eigenvalue weighted by Crippen LogP contribution is 2.70. The third kappa shape index (κ3) is 1.95. The Bertz CT molecular complexity index is 956. The first-order valence-electron chi connectivity index (χ1n) is 9.03. The van der Waals surface area contributed by atoms with Crippen molar-refractivity contribution < 1.29 is 4.79 Å². The second kappa shape index (κ2) is 5.32. The molecule has 2 aromatic rings. The molecule has 2 atom stereocenters. The Labute approximate surface area is 163 Å². The fourth-order valence-corrected chi connectivity index (χ4v) is 5.30. The molecule has 1 heterocycles. The minimum atomic E-state index is -0.672. The minimum absolute atomic E-state index is 0.0497. The Morgan fingerprint density at radius 2 is 1.58 bits per heavy atom. The van der Waals surface area contributed by atoms with E-state index in [1.165, 1.54) is 0 Å². The highest BCUT2D eigenvalue weighted by atomic mass is 35.5. The van der Waals surface area contributed by atoms with Crippen LogP contribution in [0.2, 0.25) is 10.0 Å². The van der Waals surface area contributed by atoms with E-state index in [0.717, 1.165) is 29.7 Å². The van der Waals surface area contributed by atoms with Crippen LogP contribution in [0.3, 0.4) is 0 Å². The van der Waals surface area contributed by atoms with E-state index in [-0.39, 0.29) is 22.8 Å². The van der Waals surface area contributed by atoms with Crippen molar-refractivity contribution in [2.45, 2.75) is 64.3 Å². The maximum atomic E-state index is 13.4. The first kappa shape index (κ1) is 18.0. The van der Waals surface area contributed by atoms with Crippen LogP contribution in [0, 0.1) is 5.41 Å². The number of fused-ring (bicyclic) bond motifs is 6. The Morgan fingerprint density at radius 1 is 1.04 bits per heavy atom. The van der Waals surface area contributed by atoms with Gasteiger partial charge in [0.25, 0.3) is 0 Å². The van der Waals surface area contributed by atoms with Crippen molar-refractivity contribution in [1.29, 1.82) is 0 Å². The van der Waals surface area contributed by atoms with Crippen LogP contribution in [0.4, 0.5) is 0 Å². The van der Waals surface area contributed by atoms with Crippen LogP contribution < -0.4 is 5.32 Å². The highest BCUT2D eigenvalue weighted by Gasteiger charge is 2.73. The summed E-state index contributed by atoms with van der Waals surface area (Å²) in [6.07, 6.45) is 1.70. The van der Waals surface area contributed by atoms with E-state index >= 15 is 0 Å². The molecule has 0 aliphatic heterocycles. The molecule has 0 spiro atoms. The lowest BCUT2D eigenvalue weighted by atomic mass is 9.63. The summed E-state index contributed by atoms with van der Waals surface area (Å²) in [6.45, 7) is 10.5. The summed E-state index contributed by atoms with van der Waals surface area (Å²) in [5, 5.41) is 4.04. The Hall–Kier alpha value is -1.39. The number of nitrogens with one attached hydrogen (secondary N) is 1. The summed E-state index contributed by atoms with van der Waals surface area (Å²) in [6, 6.07) is 3.57. The minimum Gasteiger partial charge on any atom is -0.353 e. The van der Waals surface area contributed by atoms with Crippen molar-refractivity contribution in [3.8, 4) is 0 Å². The van der Waals surface area contributed by atoms with Gasteiger partial charge in [-0.15, -0.1) is 0 Å². The highest BCUT2D eigenvalue weighted by molar-refractivity contribution is 6.42. The molecule has 2 aliphatic carbocycles. The van der Waals surface area contributed by atoms with Gasteiger partial charge in [0.2, 0.25) is 5.91 Å². The van der Waals surface area contributed by atoms with Crippen molar-refractivity contribution in [3.63, 3.8) is 0 Å². The van der Waals surface area contributed by atoms with E-state index < -0.39 is 5.41 Å². The van der Waals surface area contributed by atoms with Crippen molar-refractivity contribution in [2.75, 3.05) is 0 Å². The van der Waals surface area contributed by atoms with E-state index in [9.17, 15) is 4.79 Å². The van der Waals surface area contributed by atoms with Gasteiger partial charge in [-0.25, -0.2) is 9.97 Å². The molecule has 1 fully saturated rings. The molecule has 2 aliphatic rings. The molecular weight excluding hydrogens is 369 g/mol. The summed E-state index contributed by atoms with van der Waals surface area (Å²) in [7, 11) is 0. The molecule has 1 saturated carbocycles. The van der Waals surface area contributed by atoms with Gasteiger partial charge in [0.1, 0.15) is 0 Å². The number of halogens is 2. The number of carbonyl (C=O) groups is 1. The fourth-order valence-electron chi connectivity index (χ4n) is 4.99. The first-order chi connectivity index (χ1) is 12.0. The predicted molar refractivity (Wildman–Crippen MR) is 105 cm³/mol. The average Bonchev–Trinajstić information content (AvgIpc) is 2.83. The lowest BCUT2D eigenvalue weighted by molar-refractivity contribution is -0.131. The average molecular weight is 392 g/mol. The normalized spacial score (nSPS) is 28.6. The monoisotopic (exact) mass is 391 g/mol. The van der Waals surface area contributed by atoms with Crippen LogP contribution in [0.5, 0.6) is 0 Å². The molecule has 1 aromatic carbocycles. The third-order valence-corrected chi connectivity index (χ3v) is 7.61. The first-order valence-corrected chi connectivity index (χ1v) is 9.79.